The maximum atomic E-state index is 6.16. The first-order valence-electron chi connectivity index (χ1n) is 6.37. The van der Waals surface area contributed by atoms with E-state index >= 15 is 0 Å². The molecule has 1 aromatic rings. The van der Waals surface area contributed by atoms with Gasteiger partial charge in [0.1, 0.15) is 0 Å². The van der Waals surface area contributed by atoms with Gasteiger partial charge in [-0.3, -0.25) is 0 Å². The van der Waals surface area contributed by atoms with Crippen molar-refractivity contribution in [3.05, 3.63) is 23.1 Å². The van der Waals surface area contributed by atoms with Crippen molar-refractivity contribution in [3.63, 3.8) is 0 Å². The van der Waals surface area contributed by atoms with E-state index in [0.717, 1.165) is 12.0 Å². The molecule has 1 fully saturated rings. The molecule has 1 aliphatic rings. The molecular formula is C14H22ClNO2. The van der Waals surface area contributed by atoms with Crippen molar-refractivity contribution >= 4 is 11.6 Å². The van der Waals surface area contributed by atoms with Crippen LogP contribution in [0.4, 0.5) is 0 Å². The quantitative estimate of drug-likeness (QED) is 0.908. The fourth-order valence-corrected chi connectivity index (χ4v) is 3.46. The van der Waals surface area contributed by atoms with E-state index < -0.39 is 0 Å². The normalized spacial score (nSPS) is 27.3. The van der Waals surface area contributed by atoms with E-state index in [9.17, 15) is 0 Å². The maximum Gasteiger partial charge on any atom is 0.197 e. The number of rotatable bonds is 3. The molecule has 0 saturated carbocycles. The third kappa shape index (κ3) is 2.44. The summed E-state index contributed by atoms with van der Waals surface area (Å²) >= 11 is 6.11. The number of furan rings is 1. The average molecular weight is 272 g/mol. The Hall–Kier alpha value is -0.510. The van der Waals surface area contributed by atoms with Gasteiger partial charge in [-0.05, 0) is 58.8 Å². The van der Waals surface area contributed by atoms with E-state index in [1.54, 1.807) is 6.26 Å². The lowest BCUT2D eigenvalue weighted by Crippen LogP contribution is -2.37. The molecule has 1 aliphatic heterocycles. The number of halogens is 1. The second-order valence-corrected chi connectivity index (χ2v) is 6.54. The predicted octanol–water partition coefficient (Wildman–Crippen LogP) is 3.79. The Balaban J connectivity index is 2.32. The zero-order valence-electron chi connectivity index (χ0n) is 11.7. The highest BCUT2D eigenvalue weighted by Gasteiger charge is 2.49. The standard InChI is InChI=1S/C14H22ClNO2/c1-13(2)8-10(14(3,4)18-13)11(16-5)9-6-7-17-12(9)15/h6-7,10-11,16H,8H2,1-5H3. The molecule has 102 valence electrons. The van der Waals surface area contributed by atoms with Crippen molar-refractivity contribution in [2.45, 2.75) is 51.4 Å². The van der Waals surface area contributed by atoms with E-state index in [1.807, 2.05) is 13.1 Å². The van der Waals surface area contributed by atoms with E-state index in [-0.39, 0.29) is 17.2 Å². The summed E-state index contributed by atoms with van der Waals surface area (Å²) in [5.74, 6) is 0.354. The molecule has 0 spiro atoms. The summed E-state index contributed by atoms with van der Waals surface area (Å²) < 4.78 is 11.4. The number of hydrogen-bond acceptors (Lipinski definition) is 3. The van der Waals surface area contributed by atoms with Crippen LogP contribution in [-0.4, -0.2) is 18.2 Å². The molecule has 1 aromatic heterocycles. The van der Waals surface area contributed by atoms with Crippen LogP contribution in [0.2, 0.25) is 5.22 Å². The van der Waals surface area contributed by atoms with E-state index in [2.05, 4.69) is 33.0 Å². The van der Waals surface area contributed by atoms with Crippen LogP contribution in [0.5, 0.6) is 0 Å². The molecule has 2 atom stereocenters. The van der Waals surface area contributed by atoms with Crippen LogP contribution in [-0.2, 0) is 4.74 Å². The first-order chi connectivity index (χ1) is 8.27. The largest absolute Gasteiger partial charge is 0.453 e. The van der Waals surface area contributed by atoms with Gasteiger partial charge in [0.15, 0.2) is 5.22 Å². The van der Waals surface area contributed by atoms with E-state index in [0.29, 0.717) is 11.1 Å². The number of nitrogens with one attached hydrogen (secondary N) is 1. The Labute approximate surface area is 114 Å². The van der Waals surface area contributed by atoms with Crippen LogP contribution in [0.3, 0.4) is 0 Å². The lowest BCUT2D eigenvalue weighted by atomic mass is 9.79. The summed E-state index contributed by atoms with van der Waals surface area (Å²) in [4.78, 5) is 0. The first-order valence-corrected chi connectivity index (χ1v) is 6.75. The van der Waals surface area contributed by atoms with Gasteiger partial charge in [-0.2, -0.15) is 0 Å². The predicted molar refractivity (Wildman–Crippen MR) is 72.9 cm³/mol. The van der Waals surface area contributed by atoms with Crippen molar-refractivity contribution in [2.24, 2.45) is 5.92 Å². The Morgan fingerprint density at radius 2 is 2.06 bits per heavy atom. The Kier molecular flexibility index (Phi) is 3.52. The molecule has 0 aliphatic carbocycles. The van der Waals surface area contributed by atoms with Gasteiger partial charge < -0.3 is 14.5 Å². The highest BCUT2D eigenvalue weighted by atomic mass is 35.5. The van der Waals surface area contributed by atoms with E-state index in [1.165, 1.54) is 0 Å². The van der Waals surface area contributed by atoms with Gasteiger partial charge in [0.25, 0.3) is 0 Å². The van der Waals surface area contributed by atoms with Crippen LogP contribution in [0.15, 0.2) is 16.7 Å². The zero-order valence-corrected chi connectivity index (χ0v) is 12.5. The fraction of sp³-hybridized carbons (Fsp3) is 0.714. The minimum Gasteiger partial charge on any atom is -0.453 e. The van der Waals surface area contributed by atoms with Gasteiger partial charge in [-0.15, -0.1) is 0 Å². The van der Waals surface area contributed by atoms with Gasteiger partial charge in [0, 0.05) is 17.5 Å². The summed E-state index contributed by atoms with van der Waals surface area (Å²) in [5, 5.41) is 3.82. The second kappa shape index (κ2) is 4.55. The summed E-state index contributed by atoms with van der Waals surface area (Å²) in [7, 11) is 1.95. The number of ether oxygens (including phenoxy) is 1. The molecule has 0 bridgehead atoms. The molecule has 0 amide bonds. The van der Waals surface area contributed by atoms with Gasteiger partial charge in [0.2, 0.25) is 0 Å². The molecule has 2 rings (SSSR count). The van der Waals surface area contributed by atoms with Crippen LogP contribution in [0.1, 0.15) is 45.7 Å². The third-order valence-electron chi connectivity index (χ3n) is 3.84. The highest BCUT2D eigenvalue weighted by molar-refractivity contribution is 6.29. The highest BCUT2D eigenvalue weighted by Crippen LogP contribution is 2.48. The monoisotopic (exact) mass is 271 g/mol. The second-order valence-electron chi connectivity index (χ2n) is 6.19. The van der Waals surface area contributed by atoms with Crippen LogP contribution >= 0.6 is 11.6 Å². The van der Waals surface area contributed by atoms with Crippen molar-refractivity contribution in [1.82, 2.24) is 5.32 Å². The topological polar surface area (TPSA) is 34.4 Å². The minimum absolute atomic E-state index is 0.0977. The molecule has 2 unspecified atom stereocenters. The SMILES string of the molecule is CNC(c1ccoc1Cl)C1CC(C)(C)OC1(C)C. The summed E-state index contributed by atoms with van der Waals surface area (Å²) in [6.45, 7) is 8.56. The fourth-order valence-electron chi connectivity index (χ4n) is 3.22. The van der Waals surface area contributed by atoms with Crippen molar-refractivity contribution in [1.29, 1.82) is 0 Å². The third-order valence-corrected chi connectivity index (χ3v) is 4.15. The Morgan fingerprint density at radius 1 is 1.39 bits per heavy atom. The smallest absolute Gasteiger partial charge is 0.197 e. The molecule has 4 heteroatoms. The molecule has 2 heterocycles. The first kappa shape index (κ1) is 13.9. The molecule has 3 nitrogen and oxygen atoms in total. The zero-order chi connectivity index (χ0) is 13.6. The van der Waals surface area contributed by atoms with Crippen molar-refractivity contribution in [3.8, 4) is 0 Å². The molecule has 0 aromatic carbocycles. The van der Waals surface area contributed by atoms with E-state index in [4.69, 9.17) is 20.8 Å². The van der Waals surface area contributed by atoms with Gasteiger partial charge >= 0.3 is 0 Å². The lowest BCUT2D eigenvalue weighted by molar-refractivity contribution is -0.0776. The average Bonchev–Trinajstić information content (AvgIpc) is 2.71. The minimum atomic E-state index is -0.183. The molecule has 1 saturated heterocycles. The molecule has 0 radical (unpaired) electrons. The van der Waals surface area contributed by atoms with Crippen LogP contribution < -0.4 is 5.32 Å². The summed E-state index contributed by atoms with van der Waals surface area (Å²) in [5.41, 5.74) is 0.732. The molecular weight excluding hydrogens is 250 g/mol. The van der Waals surface area contributed by atoms with Gasteiger partial charge in [-0.1, -0.05) is 0 Å². The Bertz CT molecular complexity index is 425. The molecule has 1 N–H and O–H groups in total. The lowest BCUT2D eigenvalue weighted by Gasteiger charge is -2.32. The van der Waals surface area contributed by atoms with Crippen LogP contribution in [0.25, 0.3) is 0 Å². The van der Waals surface area contributed by atoms with Gasteiger partial charge in [-0.25, -0.2) is 0 Å². The van der Waals surface area contributed by atoms with Crippen LogP contribution in [0, 0.1) is 5.92 Å². The maximum absolute atomic E-state index is 6.16. The van der Waals surface area contributed by atoms with Crippen molar-refractivity contribution < 1.29 is 9.15 Å². The number of hydrogen-bond donors (Lipinski definition) is 1. The summed E-state index contributed by atoms with van der Waals surface area (Å²) in [6.07, 6.45) is 2.63. The summed E-state index contributed by atoms with van der Waals surface area (Å²) in [6, 6.07) is 2.08. The molecule has 18 heavy (non-hydrogen) atoms. The Morgan fingerprint density at radius 3 is 2.44 bits per heavy atom. The van der Waals surface area contributed by atoms with Crippen molar-refractivity contribution in [2.75, 3.05) is 7.05 Å². The van der Waals surface area contributed by atoms with Gasteiger partial charge in [0.05, 0.1) is 17.5 Å².